The van der Waals surface area contributed by atoms with Crippen molar-refractivity contribution in [3.05, 3.63) is 47.8 Å². The van der Waals surface area contributed by atoms with E-state index in [1.54, 1.807) is 0 Å². The van der Waals surface area contributed by atoms with E-state index in [1.807, 2.05) is 24.1 Å². The minimum Gasteiger partial charge on any atom is -0.341 e. The first-order valence-electron chi connectivity index (χ1n) is 10.3. The molecule has 2 aromatic rings. The number of aryl methyl sites for hydroxylation is 1. The fourth-order valence-electron chi connectivity index (χ4n) is 5.08. The van der Waals surface area contributed by atoms with Crippen LogP contribution in [-0.4, -0.2) is 60.2 Å². The average molecular weight is 393 g/mol. The lowest BCUT2D eigenvalue weighted by Crippen LogP contribution is -2.66. The Kier molecular flexibility index (Phi) is 4.07. The number of nitrogens with zero attached hydrogens (tertiary/aromatic N) is 5. The largest absolute Gasteiger partial charge is 0.341 e. The number of hydrogen-bond donors (Lipinski definition) is 1. The maximum absolute atomic E-state index is 12.9. The number of urea groups is 1. The van der Waals surface area contributed by atoms with Crippen LogP contribution in [0.2, 0.25) is 0 Å². The zero-order chi connectivity index (χ0) is 20.2. The topological polar surface area (TPSA) is 64.6 Å². The van der Waals surface area contributed by atoms with Crippen molar-refractivity contribution in [2.24, 2.45) is 0 Å². The van der Waals surface area contributed by atoms with Crippen molar-refractivity contribution >= 4 is 17.7 Å². The standard InChI is InChI=1S/C22H28N6O/c1-16-18(12-23-19(24-16)27-10-7-11-27)28-15-21(25-20(28)29)13-22(14-21,26(2)3)17-8-5-4-6-9-17/h4-6,8-9,12H,7,10-11,13-15H2,1-3H3,(H,25,29). The van der Waals surface area contributed by atoms with E-state index >= 15 is 0 Å². The van der Waals surface area contributed by atoms with E-state index in [-0.39, 0.29) is 17.1 Å². The van der Waals surface area contributed by atoms with Gasteiger partial charge in [0.15, 0.2) is 0 Å². The Bertz CT molecular complexity index is 934. The molecule has 1 aliphatic carbocycles. The molecule has 2 aliphatic heterocycles. The second-order valence-electron chi connectivity index (χ2n) is 8.92. The molecule has 3 aliphatic rings. The molecule has 2 amide bonds. The number of rotatable bonds is 4. The van der Waals surface area contributed by atoms with Crippen LogP contribution in [0.1, 0.15) is 30.5 Å². The molecule has 1 saturated carbocycles. The van der Waals surface area contributed by atoms with Crippen LogP contribution in [0.25, 0.3) is 0 Å². The Labute approximate surface area is 171 Å². The number of nitrogens with one attached hydrogen (secondary N) is 1. The first-order chi connectivity index (χ1) is 13.9. The number of carbonyl (C=O) groups is 1. The lowest BCUT2D eigenvalue weighted by atomic mass is 9.59. The SMILES string of the molecule is Cc1nc(N2CCC2)ncc1N1CC2(CC(c3ccccc3)(N(C)C)C2)NC1=O. The van der Waals surface area contributed by atoms with Crippen molar-refractivity contribution in [1.29, 1.82) is 0 Å². The summed E-state index contributed by atoms with van der Waals surface area (Å²) < 4.78 is 0. The number of amides is 2. The number of benzene rings is 1. The van der Waals surface area contributed by atoms with Gasteiger partial charge in [-0.1, -0.05) is 30.3 Å². The third kappa shape index (κ3) is 2.79. The Morgan fingerprint density at radius 3 is 2.45 bits per heavy atom. The van der Waals surface area contributed by atoms with Crippen molar-refractivity contribution in [3.8, 4) is 0 Å². The third-order valence-corrected chi connectivity index (χ3v) is 6.88. The summed E-state index contributed by atoms with van der Waals surface area (Å²) in [5.41, 5.74) is 2.72. The highest BCUT2D eigenvalue weighted by Crippen LogP contribution is 2.53. The van der Waals surface area contributed by atoms with Gasteiger partial charge in [0.05, 0.1) is 35.2 Å². The zero-order valence-electron chi connectivity index (χ0n) is 17.4. The van der Waals surface area contributed by atoms with E-state index in [0.29, 0.717) is 6.54 Å². The van der Waals surface area contributed by atoms with Crippen LogP contribution in [0.15, 0.2) is 36.5 Å². The fraction of sp³-hybridized carbons (Fsp3) is 0.500. The van der Waals surface area contributed by atoms with Crippen molar-refractivity contribution in [2.75, 3.05) is 43.5 Å². The van der Waals surface area contributed by atoms with Gasteiger partial charge in [0.1, 0.15) is 0 Å². The first-order valence-corrected chi connectivity index (χ1v) is 10.3. The third-order valence-electron chi connectivity index (χ3n) is 6.88. The summed E-state index contributed by atoms with van der Waals surface area (Å²) in [7, 11) is 4.25. The average Bonchev–Trinajstić information content (AvgIpc) is 2.96. The van der Waals surface area contributed by atoms with Crippen LogP contribution in [-0.2, 0) is 5.54 Å². The summed E-state index contributed by atoms with van der Waals surface area (Å²) in [5, 5.41) is 3.28. The number of hydrogen-bond acceptors (Lipinski definition) is 5. The summed E-state index contributed by atoms with van der Waals surface area (Å²) in [6, 6.07) is 10.6. The maximum Gasteiger partial charge on any atom is 0.322 e. The number of aromatic nitrogens is 2. The smallest absolute Gasteiger partial charge is 0.322 e. The van der Waals surface area contributed by atoms with Gasteiger partial charge in [-0.2, -0.15) is 0 Å². The van der Waals surface area contributed by atoms with E-state index in [9.17, 15) is 4.79 Å². The minimum atomic E-state index is -0.209. The lowest BCUT2D eigenvalue weighted by Gasteiger charge is -2.57. The van der Waals surface area contributed by atoms with Crippen molar-refractivity contribution in [3.63, 3.8) is 0 Å². The van der Waals surface area contributed by atoms with Crippen LogP contribution in [0.3, 0.4) is 0 Å². The van der Waals surface area contributed by atoms with Gasteiger partial charge in [-0.05, 0) is 45.8 Å². The summed E-state index contributed by atoms with van der Waals surface area (Å²) in [6.07, 6.45) is 4.79. The summed E-state index contributed by atoms with van der Waals surface area (Å²) in [4.78, 5) is 28.3. The van der Waals surface area contributed by atoms with Crippen LogP contribution in [0, 0.1) is 6.92 Å². The first kappa shape index (κ1) is 18.4. The van der Waals surface area contributed by atoms with Gasteiger partial charge < -0.3 is 10.2 Å². The van der Waals surface area contributed by atoms with Crippen LogP contribution in [0.4, 0.5) is 16.4 Å². The molecule has 5 rings (SSSR count). The van der Waals surface area contributed by atoms with E-state index in [0.717, 1.165) is 43.3 Å². The molecule has 0 unspecified atom stereocenters. The Morgan fingerprint density at radius 2 is 1.86 bits per heavy atom. The molecule has 7 heteroatoms. The van der Waals surface area contributed by atoms with Gasteiger partial charge >= 0.3 is 6.03 Å². The zero-order valence-corrected chi connectivity index (χ0v) is 17.4. The van der Waals surface area contributed by atoms with Crippen LogP contribution >= 0.6 is 0 Å². The van der Waals surface area contributed by atoms with Crippen molar-refractivity contribution in [2.45, 2.75) is 37.3 Å². The minimum absolute atomic E-state index is 0.0442. The van der Waals surface area contributed by atoms with Crippen LogP contribution < -0.4 is 15.1 Å². The quantitative estimate of drug-likeness (QED) is 0.866. The van der Waals surface area contributed by atoms with E-state index in [1.165, 1.54) is 12.0 Å². The summed E-state index contributed by atoms with van der Waals surface area (Å²) >= 11 is 0. The Morgan fingerprint density at radius 1 is 1.14 bits per heavy atom. The molecule has 2 saturated heterocycles. The predicted molar refractivity (Wildman–Crippen MR) is 113 cm³/mol. The molecule has 7 nitrogen and oxygen atoms in total. The van der Waals surface area contributed by atoms with Gasteiger partial charge in [0, 0.05) is 13.1 Å². The van der Waals surface area contributed by atoms with Gasteiger partial charge in [0.2, 0.25) is 5.95 Å². The molecule has 3 heterocycles. The molecule has 1 aromatic heterocycles. The highest BCUT2D eigenvalue weighted by Gasteiger charge is 2.61. The molecular formula is C22H28N6O. The normalized spacial score (nSPS) is 28.5. The van der Waals surface area contributed by atoms with E-state index in [4.69, 9.17) is 0 Å². The highest BCUT2D eigenvalue weighted by atomic mass is 16.2. The lowest BCUT2D eigenvalue weighted by molar-refractivity contribution is -0.0169. The number of carbonyl (C=O) groups excluding carboxylic acids is 1. The molecule has 152 valence electrons. The molecule has 0 radical (unpaired) electrons. The Balaban J connectivity index is 1.37. The van der Waals surface area contributed by atoms with Gasteiger partial charge in [-0.3, -0.25) is 9.80 Å². The van der Waals surface area contributed by atoms with E-state index in [2.05, 4.69) is 63.4 Å². The second kappa shape index (κ2) is 6.42. The number of anilines is 2. The highest BCUT2D eigenvalue weighted by molar-refractivity contribution is 5.96. The summed E-state index contributed by atoms with van der Waals surface area (Å²) in [5.74, 6) is 0.770. The Hall–Kier alpha value is -2.67. The summed E-state index contributed by atoms with van der Waals surface area (Å²) in [6.45, 7) is 4.64. The van der Waals surface area contributed by atoms with Crippen LogP contribution in [0.5, 0.6) is 0 Å². The van der Waals surface area contributed by atoms with E-state index < -0.39 is 0 Å². The second-order valence-corrected chi connectivity index (χ2v) is 8.92. The monoisotopic (exact) mass is 392 g/mol. The van der Waals surface area contributed by atoms with Gasteiger partial charge in [-0.15, -0.1) is 0 Å². The molecule has 3 fully saturated rings. The van der Waals surface area contributed by atoms with Crippen molar-refractivity contribution < 1.29 is 4.79 Å². The fourth-order valence-corrected chi connectivity index (χ4v) is 5.08. The molecule has 0 bridgehead atoms. The molecule has 0 atom stereocenters. The van der Waals surface area contributed by atoms with Gasteiger partial charge in [0.25, 0.3) is 0 Å². The molecule has 29 heavy (non-hydrogen) atoms. The molecule has 1 N–H and O–H groups in total. The molecule has 1 spiro atoms. The molecular weight excluding hydrogens is 364 g/mol. The van der Waals surface area contributed by atoms with Crippen molar-refractivity contribution in [1.82, 2.24) is 20.2 Å². The van der Waals surface area contributed by atoms with Gasteiger partial charge in [-0.25, -0.2) is 14.8 Å². The molecule has 1 aromatic carbocycles. The maximum atomic E-state index is 12.9. The predicted octanol–water partition coefficient (Wildman–Crippen LogP) is 2.51.